The first-order valence-electron chi connectivity index (χ1n) is 6.11. The molecule has 0 atom stereocenters. The molecule has 0 amide bonds. The summed E-state index contributed by atoms with van der Waals surface area (Å²) in [4.78, 5) is 4.49. The van der Waals surface area contributed by atoms with Crippen LogP contribution in [0.2, 0.25) is 0 Å². The topological polar surface area (TPSA) is 50.3 Å². The number of sulfonamides is 1. The molecule has 0 radical (unpaired) electrons. The molecule has 1 aliphatic heterocycles. The molecule has 0 bridgehead atoms. The number of hydrogen-bond acceptors (Lipinski definition) is 3. The van der Waals surface area contributed by atoms with Crippen LogP contribution in [0.4, 0.5) is 5.69 Å². The summed E-state index contributed by atoms with van der Waals surface area (Å²) >= 11 is 0. The van der Waals surface area contributed by atoms with Gasteiger partial charge < -0.3 is 0 Å². The Bertz CT molecular complexity index is 577. The summed E-state index contributed by atoms with van der Waals surface area (Å²) in [5.74, 6) is 0.341. The van der Waals surface area contributed by atoms with Crippen molar-refractivity contribution in [1.82, 2.24) is 4.98 Å². The molecule has 4 nitrogen and oxygen atoms in total. The van der Waals surface area contributed by atoms with Crippen molar-refractivity contribution in [3.8, 4) is 0 Å². The molecule has 0 unspecified atom stereocenters. The molecule has 2 heterocycles. The molecule has 1 aromatic heterocycles. The van der Waals surface area contributed by atoms with Gasteiger partial charge in [-0.05, 0) is 17.5 Å². The van der Waals surface area contributed by atoms with Gasteiger partial charge in [0.25, 0.3) is 0 Å². The number of nitrogens with zero attached hydrogens (tertiary/aromatic N) is 2. The van der Waals surface area contributed by atoms with Gasteiger partial charge in [0.1, 0.15) is 0 Å². The number of aromatic nitrogens is 1. The van der Waals surface area contributed by atoms with Crippen LogP contribution in [-0.2, 0) is 15.4 Å². The molecule has 0 N–H and O–H groups in total. The highest BCUT2D eigenvalue weighted by Gasteiger charge is 2.40. The predicted molar refractivity (Wildman–Crippen MR) is 73.5 cm³/mol. The lowest BCUT2D eigenvalue weighted by molar-refractivity contribution is 0.546. The average Bonchev–Trinajstić information content (AvgIpc) is 2.50. The van der Waals surface area contributed by atoms with Gasteiger partial charge in [0.15, 0.2) is 0 Å². The zero-order valence-corrected chi connectivity index (χ0v) is 12.4. The molecular formula is C13H20N2O2S. The molecule has 2 rings (SSSR count). The Morgan fingerprint density at radius 1 is 1.39 bits per heavy atom. The van der Waals surface area contributed by atoms with Crippen LogP contribution < -0.4 is 4.31 Å². The summed E-state index contributed by atoms with van der Waals surface area (Å²) in [7, 11) is -3.24. The molecule has 0 saturated carbocycles. The Morgan fingerprint density at radius 2 is 2.00 bits per heavy atom. The van der Waals surface area contributed by atoms with E-state index in [1.807, 2.05) is 26.1 Å². The molecule has 1 aliphatic rings. The van der Waals surface area contributed by atoms with Gasteiger partial charge in [-0.15, -0.1) is 0 Å². The SMILES string of the molecule is CC(C)c1cnc2c(c1)N(S(C)(=O)=O)CC2(C)C. The second-order valence-electron chi connectivity index (χ2n) is 5.94. The highest BCUT2D eigenvalue weighted by atomic mass is 32.2. The second-order valence-corrected chi connectivity index (χ2v) is 7.85. The van der Waals surface area contributed by atoms with Gasteiger partial charge in [0, 0.05) is 18.2 Å². The van der Waals surface area contributed by atoms with Gasteiger partial charge in [0.2, 0.25) is 10.0 Å². The maximum Gasteiger partial charge on any atom is 0.232 e. The monoisotopic (exact) mass is 268 g/mol. The van der Waals surface area contributed by atoms with Crippen LogP contribution in [0.1, 0.15) is 44.9 Å². The largest absolute Gasteiger partial charge is 0.268 e. The molecule has 100 valence electrons. The van der Waals surface area contributed by atoms with E-state index in [0.717, 1.165) is 16.9 Å². The van der Waals surface area contributed by atoms with Crippen LogP contribution in [0.15, 0.2) is 12.3 Å². The van der Waals surface area contributed by atoms with Gasteiger partial charge in [-0.25, -0.2) is 8.42 Å². The predicted octanol–water partition coefficient (Wildman–Crippen LogP) is 2.26. The van der Waals surface area contributed by atoms with Crippen molar-refractivity contribution in [3.05, 3.63) is 23.5 Å². The third kappa shape index (κ3) is 2.11. The van der Waals surface area contributed by atoms with Crippen molar-refractivity contribution in [1.29, 1.82) is 0 Å². The molecule has 0 spiro atoms. The summed E-state index contributed by atoms with van der Waals surface area (Å²) in [6, 6.07) is 1.96. The quantitative estimate of drug-likeness (QED) is 0.826. The Morgan fingerprint density at radius 3 is 2.50 bits per heavy atom. The van der Waals surface area contributed by atoms with Gasteiger partial charge >= 0.3 is 0 Å². The number of rotatable bonds is 2. The van der Waals surface area contributed by atoms with Crippen LogP contribution in [0.3, 0.4) is 0 Å². The lowest BCUT2D eigenvalue weighted by Gasteiger charge is -2.19. The van der Waals surface area contributed by atoms with E-state index in [1.54, 1.807) is 0 Å². The van der Waals surface area contributed by atoms with Crippen LogP contribution in [0.25, 0.3) is 0 Å². The Kier molecular flexibility index (Phi) is 2.93. The third-order valence-corrected chi connectivity index (χ3v) is 4.53. The molecule has 18 heavy (non-hydrogen) atoms. The van der Waals surface area contributed by atoms with Crippen molar-refractivity contribution in [2.24, 2.45) is 0 Å². The van der Waals surface area contributed by atoms with Gasteiger partial charge in [-0.1, -0.05) is 27.7 Å². The van der Waals surface area contributed by atoms with Gasteiger partial charge in [-0.2, -0.15) is 0 Å². The zero-order chi connectivity index (χ0) is 13.7. The van der Waals surface area contributed by atoms with E-state index in [-0.39, 0.29) is 5.41 Å². The fraction of sp³-hybridized carbons (Fsp3) is 0.615. The smallest absolute Gasteiger partial charge is 0.232 e. The van der Waals surface area contributed by atoms with Crippen molar-refractivity contribution in [2.45, 2.75) is 39.0 Å². The fourth-order valence-corrected chi connectivity index (χ4v) is 3.36. The molecule has 0 aliphatic carbocycles. The number of hydrogen-bond donors (Lipinski definition) is 0. The number of pyridine rings is 1. The van der Waals surface area contributed by atoms with Gasteiger partial charge in [0.05, 0.1) is 17.6 Å². The van der Waals surface area contributed by atoms with E-state index in [4.69, 9.17) is 0 Å². The lowest BCUT2D eigenvalue weighted by atomic mass is 9.91. The highest BCUT2D eigenvalue weighted by molar-refractivity contribution is 7.92. The van der Waals surface area contributed by atoms with Crippen LogP contribution in [-0.4, -0.2) is 26.2 Å². The Hall–Kier alpha value is -1.10. The Balaban J connectivity index is 2.62. The molecule has 0 saturated heterocycles. The summed E-state index contributed by atoms with van der Waals surface area (Å²) < 4.78 is 25.2. The van der Waals surface area contributed by atoms with Crippen molar-refractivity contribution in [2.75, 3.05) is 17.1 Å². The van der Waals surface area contributed by atoms with Crippen LogP contribution in [0, 0.1) is 0 Å². The third-order valence-electron chi connectivity index (χ3n) is 3.40. The number of fused-ring (bicyclic) bond motifs is 1. The second kappa shape index (κ2) is 3.95. The first kappa shape index (κ1) is 13.3. The standard InChI is InChI=1S/C13H20N2O2S/c1-9(2)10-6-11-12(14-7-10)13(3,4)8-15(11)18(5,16)17/h6-7,9H,8H2,1-5H3. The fourth-order valence-electron chi connectivity index (χ4n) is 2.31. The summed E-state index contributed by atoms with van der Waals surface area (Å²) in [5, 5.41) is 0. The van der Waals surface area contributed by atoms with E-state index in [2.05, 4.69) is 18.8 Å². The summed E-state index contributed by atoms with van der Waals surface area (Å²) in [6.45, 7) is 8.68. The van der Waals surface area contributed by atoms with Crippen molar-refractivity contribution in [3.63, 3.8) is 0 Å². The summed E-state index contributed by atoms with van der Waals surface area (Å²) in [6.07, 6.45) is 3.11. The maximum absolute atomic E-state index is 11.9. The molecule has 0 aromatic carbocycles. The van der Waals surface area contributed by atoms with Crippen molar-refractivity contribution >= 4 is 15.7 Å². The van der Waals surface area contributed by atoms with Crippen LogP contribution >= 0.6 is 0 Å². The van der Waals surface area contributed by atoms with Crippen LogP contribution in [0.5, 0.6) is 0 Å². The molecule has 5 heteroatoms. The molecule has 0 fully saturated rings. The number of anilines is 1. The van der Waals surface area contributed by atoms with E-state index >= 15 is 0 Å². The minimum Gasteiger partial charge on any atom is -0.268 e. The molecular weight excluding hydrogens is 248 g/mol. The Labute approximate surface area is 109 Å². The minimum absolute atomic E-state index is 0.228. The van der Waals surface area contributed by atoms with E-state index in [0.29, 0.717) is 12.5 Å². The minimum atomic E-state index is -3.24. The van der Waals surface area contributed by atoms with E-state index < -0.39 is 10.0 Å². The highest BCUT2D eigenvalue weighted by Crippen LogP contribution is 2.41. The first-order valence-corrected chi connectivity index (χ1v) is 7.96. The zero-order valence-electron chi connectivity index (χ0n) is 11.6. The normalized spacial score (nSPS) is 18.2. The first-order chi connectivity index (χ1) is 8.13. The average molecular weight is 268 g/mol. The lowest BCUT2D eigenvalue weighted by Crippen LogP contribution is -2.33. The maximum atomic E-state index is 11.9. The van der Waals surface area contributed by atoms with E-state index in [9.17, 15) is 8.42 Å². The van der Waals surface area contributed by atoms with Gasteiger partial charge in [-0.3, -0.25) is 9.29 Å². The molecule has 1 aromatic rings. The van der Waals surface area contributed by atoms with Crippen molar-refractivity contribution < 1.29 is 8.42 Å². The summed E-state index contributed by atoms with van der Waals surface area (Å²) in [5.41, 5.74) is 2.46. The van der Waals surface area contributed by atoms with E-state index in [1.165, 1.54) is 10.6 Å².